The summed E-state index contributed by atoms with van der Waals surface area (Å²) >= 11 is 0. The summed E-state index contributed by atoms with van der Waals surface area (Å²) in [6, 6.07) is 0. The predicted octanol–water partition coefficient (Wildman–Crippen LogP) is -0.878. The van der Waals surface area contributed by atoms with Crippen LogP contribution in [0.2, 0.25) is 0 Å². The summed E-state index contributed by atoms with van der Waals surface area (Å²) in [6.07, 6.45) is 1.04. The molecule has 0 aromatic carbocycles. The fourth-order valence-corrected chi connectivity index (χ4v) is 1.67. The Kier molecular flexibility index (Phi) is 3.41. The number of nitrogens with one attached hydrogen (secondary N) is 1. The standard InChI is InChI=1S/C11H12N4O4/c1-3-19-7(16)4-6-8-9(13-5-12-6)14-11(18)15(2)10(8)17/h5H,3-4H2,1-2H3,(H,12,13,14,18). The van der Waals surface area contributed by atoms with Gasteiger partial charge in [0, 0.05) is 7.05 Å². The second kappa shape index (κ2) is 5.01. The van der Waals surface area contributed by atoms with Crippen LogP contribution in [-0.2, 0) is 23.0 Å². The van der Waals surface area contributed by atoms with Gasteiger partial charge in [-0.1, -0.05) is 0 Å². The molecule has 0 unspecified atom stereocenters. The van der Waals surface area contributed by atoms with E-state index in [2.05, 4.69) is 15.0 Å². The number of nitrogens with zero attached hydrogens (tertiary/aromatic N) is 3. The van der Waals surface area contributed by atoms with Crippen molar-refractivity contribution in [3.63, 3.8) is 0 Å². The fraction of sp³-hybridized carbons (Fsp3) is 0.364. The first-order valence-electron chi connectivity index (χ1n) is 5.63. The Labute approximate surface area is 107 Å². The van der Waals surface area contributed by atoms with Crippen molar-refractivity contribution in [3.05, 3.63) is 32.9 Å². The molecular formula is C11H12N4O4. The van der Waals surface area contributed by atoms with E-state index in [9.17, 15) is 14.4 Å². The molecule has 19 heavy (non-hydrogen) atoms. The molecule has 0 fully saturated rings. The highest BCUT2D eigenvalue weighted by Gasteiger charge is 2.14. The third-order valence-electron chi connectivity index (χ3n) is 2.59. The minimum atomic E-state index is -0.571. The third-order valence-corrected chi connectivity index (χ3v) is 2.59. The van der Waals surface area contributed by atoms with E-state index in [1.807, 2.05) is 0 Å². The van der Waals surface area contributed by atoms with Gasteiger partial charge in [-0.2, -0.15) is 0 Å². The monoisotopic (exact) mass is 264 g/mol. The Morgan fingerprint density at radius 2 is 2.16 bits per heavy atom. The van der Waals surface area contributed by atoms with E-state index < -0.39 is 17.2 Å². The molecule has 2 rings (SSSR count). The summed E-state index contributed by atoms with van der Waals surface area (Å²) < 4.78 is 5.71. The zero-order chi connectivity index (χ0) is 14.0. The van der Waals surface area contributed by atoms with Gasteiger partial charge in [-0.25, -0.2) is 14.8 Å². The molecule has 100 valence electrons. The Balaban J connectivity index is 2.63. The quantitative estimate of drug-likeness (QED) is 0.721. The van der Waals surface area contributed by atoms with Crippen molar-refractivity contribution in [1.82, 2.24) is 19.5 Å². The van der Waals surface area contributed by atoms with Crippen LogP contribution in [-0.4, -0.2) is 32.1 Å². The van der Waals surface area contributed by atoms with Crippen LogP contribution < -0.4 is 11.2 Å². The number of rotatable bonds is 3. The molecule has 8 nitrogen and oxygen atoms in total. The van der Waals surface area contributed by atoms with E-state index in [1.165, 1.54) is 13.4 Å². The highest BCUT2D eigenvalue weighted by atomic mass is 16.5. The fourth-order valence-electron chi connectivity index (χ4n) is 1.67. The van der Waals surface area contributed by atoms with Crippen molar-refractivity contribution < 1.29 is 9.53 Å². The SMILES string of the molecule is CCOC(=O)Cc1ncnc2[nH]c(=O)n(C)c(=O)c12. The van der Waals surface area contributed by atoms with Gasteiger partial charge in [0.1, 0.15) is 11.7 Å². The maximum Gasteiger partial charge on any atom is 0.329 e. The molecule has 2 aromatic rings. The van der Waals surface area contributed by atoms with Gasteiger partial charge < -0.3 is 4.74 Å². The van der Waals surface area contributed by atoms with Crippen LogP contribution in [0.15, 0.2) is 15.9 Å². The van der Waals surface area contributed by atoms with Gasteiger partial charge in [-0.15, -0.1) is 0 Å². The smallest absolute Gasteiger partial charge is 0.329 e. The number of aromatic amines is 1. The maximum absolute atomic E-state index is 12.0. The molecule has 0 saturated heterocycles. The lowest BCUT2D eigenvalue weighted by atomic mass is 10.2. The molecule has 0 aliphatic heterocycles. The molecule has 8 heteroatoms. The third kappa shape index (κ3) is 2.37. The molecule has 0 aliphatic carbocycles. The number of ether oxygens (including phenoxy) is 1. The molecule has 0 saturated carbocycles. The van der Waals surface area contributed by atoms with E-state index in [0.717, 1.165) is 4.57 Å². The molecule has 0 atom stereocenters. The van der Waals surface area contributed by atoms with Gasteiger partial charge in [0.15, 0.2) is 5.65 Å². The molecule has 1 N–H and O–H groups in total. The average molecular weight is 264 g/mol. The number of aromatic nitrogens is 4. The number of carbonyl (C=O) groups excluding carboxylic acids is 1. The van der Waals surface area contributed by atoms with Gasteiger partial charge >= 0.3 is 11.7 Å². The average Bonchev–Trinajstić information content (AvgIpc) is 2.36. The maximum atomic E-state index is 12.0. The van der Waals surface area contributed by atoms with Gasteiger partial charge in [-0.05, 0) is 6.92 Å². The number of hydrogen-bond donors (Lipinski definition) is 1. The van der Waals surface area contributed by atoms with Crippen LogP contribution in [0.1, 0.15) is 12.6 Å². The Bertz CT molecular complexity index is 746. The van der Waals surface area contributed by atoms with Crippen molar-refractivity contribution in [3.8, 4) is 0 Å². The Hall–Kier alpha value is -2.51. The molecule has 0 spiro atoms. The lowest BCUT2D eigenvalue weighted by Crippen LogP contribution is -2.33. The van der Waals surface area contributed by atoms with E-state index in [0.29, 0.717) is 0 Å². The molecule has 0 amide bonds. The molecule has 0 radical (unpaired) electrons. The van der Waals surface area contributed by atoms with E-state index in [-0.39, 0.29) is 29.8 Å². The predicted molar refractivity (Wildman–Crippen MR) is 65.7 cm³/mol. The van der Waals surface area contributed by atoms with Crippen LogP contribution in [0.3, 0.4) is 0 Å². The second-order valence-corrected chi connectivity index (χ2v) is 3.82. The van der Waals surface area contributed by atoms with Crippen LogP contribution in [0, 0.1) is 0 Å². The molecule has 2 heterocycles. The highest BCUT2D eigenvalue weighted by molar-refractivity contribution is 5.81. The van der Waals surface area contributed by atoms with E-state index in [1.54, 1.807) is 6.92 Å². The summed E-state index contributed by atoms with van der Waals surface area (Å²) in [4.78, 5) is 45.1. The number of H-pyrrole nitrogens is 1. The lowest BCUT2D eigenvalue weighted by molar-refractivity contribution is -0.142. The lowest BCUT2D eigenvalue weighted by Gasteiger charge is -2.05. The highest BCUT2D eigenvalue weighted by Crippen LogP contribution is 2.07. The topological polar surface area (TPSA) is 107 Å². The molecule has 0 aliphatic rings. The summed E-state index contributed by atoms with van der Waals surface area (Å²) in [6.45, 7) is 1.93. The molecular weight excluding hydrogens is 252 g/mol. The zero-order valence-electron chi connectivity index (χ0n) is 10.5. The van der Waals surface area contributed by atoms with Gasteiger partial charge in [0.2, 0.25) is 0 Å². The van der Waals surface area contributed by atoms with Crippen molar-refractivity contribution >= 4 is 17.0 Å². The van der Waals surface area contributed by atoms with Crippen molar-refractivity contribution in [2.45, 2.75) is 13.3 Å². The summed E-state index contributed by atoms with van der Waals surface area (Å²) in [5.41, 5.74) is -0.764. The number of esters is 1. The number of carbonyl (C=O) groups is 1. The van der Waals surface area contributed by atoms with Crippen molar-refractivity contribution in [1.29, 1.82) is 0 Å². The minimum Gasteiger partial charge on any atom is -0.466 e. The Morgan fingerprint density at radius 1 is 1.42 bits per heavy atom. The van der Waals surface area contributed by atoms with Crippen LogP contribution >= 0.6 is 0 Å². The first kappa shape index (κ1) is 12.9. The molecule has 0 bridgehead atoms. The van der Waals surface area contributed by atoms with Crippen LogP contribution in [0.25, 0.3) is 11.0 Å². The van der Waals surface area contributed by atoms with Gasteiger partial charge in [0.05, 0.1) is 18.7 Å². The van der Waals surface area contributed by atoms with Crippen LogP contribution in [0.4, 0.5) is 0 Å². The largest absolute Gasteiger partial charge is 0.466 e. The first-order valence-corrected chi connectivity index (χ1v) is 5.63. The second-order valence-electron chi connectivity index (χ2n) is 3.82. The summed E-state index contributed by atoms with van der Waals surface area (Å²) in [5, 5.41) is 0.123. The number of fused-ring (bicyclic) bond motifs is 1. The zero-order valence-corrected chi connectivity index (χ0v) is 10.5. The normalized spacial score (nSPS) is 10.6. The van der Waals surface area contributed by atoms with Crippen LogP contribution in [0.5, 0.6) is 0 Å². The summed E-state index contributed by atoms with van der Waals surface area (Å²) in [5.74, 6) is -0.490. The van der Waals surface area contributed by atoms with Gasteiger partial charge in [0.25, 0.3) is 5.56 Å². The van der Waals surface area contributed by atoms with Crippen molar-refractivity contribution in [2.24, 2.45) is 7.05 Å². The van der Waals surface area contributed by atoms with Crippen molar-refractivity contribution in [2.75, 3.05) is 6.61 Å². The van der Waals surface area contributed by atoms with Gasteiger partial charge in [-0.3, -0.25) is 19.1 Å². The summed E-state index contributed by atoms with van der Waals surface area (Å²) in [7, 11) is 1.34. The first-order chi connectivity index (χ1) is 9.04. The Morgan fingerprint density at radius 3 is 2.84 bits per heavy atom. The molecule has 2 aromatic heterocycles. The van der Waals surface area contributed by atoms with E-state index in [4.69, 9.17) is 4.74 Å². The number of hydrogen-bond acceptors (Lipinski definition) is 6. The van der Waals surface area contributed by atoms with E-state index >= 15 is 0 Å². The minimum absolute atomic E-state index is 0.113.